The average molecular weight is 258 g/mol. The summed E-state index contributed by atoms with van der Waals surface area (Å²) in [4.78, 5) is 12.5. The predicted octanol–water partition coefficient (Wildman–Crippen LogP) is 1.89. The molecule has 2 aromatic rings. The maximum Gasteiger partial charge on any atom is 0.230 e. The van der Waals surface area contributed by atoms with Gasteiger partial charge in [0.1, 0.15) is 0 Å². The summed E-state index contributed by atoms with van der Waals surface area (Å²) in [5.74, 6) is 0.0997. The highest BCUT2D eigenvalue weighted by molar-refractivity contribution is 6.02. The fourth-order valence-electron chi connectivity index (χ4n) is 2.56. The number of piperidine rings is 1. The molecule has 0 radical (unpaired) electrons. The maximum atomic E-state index is 12.5. The van der Waals surface area contributed by atoms with Crippen LogP contribution in [0, 0.1) is 5.41 Å². The number of anilines is 1. The largest absolute Gasteiger partial charge is 0.325 e. The van der Waals surface area contributed by atoms with Crippen LogP contribution >= 0.6 is 0 Å². The van der Waals surface area contributed by atoms with Crippen LogP contribution in [0.25, 0.3) is 10.9 Å². The smallest absolute Gasteiger partial charge is 0.230 e. The highest BCUT2D eigenvalue weighted by atomic mass is 16.2. The molecule has 0 saturated carbocycles. The number of fused-ring (bicyclic) bond motifs is 1. The van der Waals surface area contributed by atoms with E-state index in [1.165, 1.54) is 0 Å². The Balaban J connectivity index is 1.84. The van der Waals surface area contributed by atoms with Crippen LogP contribution in [-0.2, 0) is 4.79 Å². The van der Waals surface area contributed by atoms with Gasteiger partial charge in [0.2, 0.25) is 5.91 Å². The second-order valence-corrected chi connectivity index (χ2v) is 5.40. The lowest BCUT2D eigenvalue weighted by Crippen LogP contribution is -2.42. The number of aromatic nitrogens is 2. The lowest BCUT2D eigenvalue weighted by Gasteiger charge is -2.32. The van der Waals surface area contributed by atoms with Gasteiger partial charge in [-0.25, -0.2) is 0 Å². The molecule has 1 amide bonds. The number of carbonyl (C=O) groups is 1. The molecule has 0 spiro atoms. The molecule has 3 N–H and O–H groups in total. The molecule has 1 aliphatic rings. The van der Waals surface area contributed by atoms with Crippen molar-refractivity contribution in [1.29, 1.82) is 0 Å². The first-order chi connectivity index (χ1) is 9.19. The molecule has 0 bridgehead atoms. The van der Waals surface area contributed by atoms with E-state index in [0.29, 0.717) is 0 Å². The van der Waals surface area contributed by atoms with E-state index in [0.717, 1.165) is 42.5 Å². The van der Waals surface area contributed by atoms with Gasteiger partial charge in [-0.05, 0) is 38.1 Å². The zero-order valence-corrected chi connectivity index (χ0v) is 11.0. The van der Waals surface area contributed by atoms with E-state index in [9.17, 15) is 4.79 Å². The van der Waals surface area contributed by atoms with Crippen LogP contribution in [-0.4, -0.2) is 29.2 Å². The van der Waals surface area contributed by atoms with Gasteiger partial charge < -0.3 is 10.6 Å². The molecule has 0 unspecified atom stereocenters. The number of nitrogens with zero attached hydrogens (tertiary/aromatic N) is 1. The Labute approximate surface area is 111 Å². The van der Waals surface area contributed by atoms with Gasteiger partial charge in [0.25, 0.3) is 0 Å². The molecule has 0 aliphatic carbocycles. The number of aromatic amines is 1. The fourth-order valence-corrected chi connectivity index (χ4v) is 2.56. The summed E-state index contributed by atoms with van der Waals surface area (Å²) in [7, 11) is 0. The van der Waals surface area contributed by atoms with Crippen molar-refractivity contribution in [3.63, 3.8) is 0 Å². The number of H-pyrrole nitrogens is 1. The summed E-state index contributed by atoms with van der Waals surface area (Å²) in [5, 5.41) is 14.2. The van der Waals surface area contributed by atoms with Crippen LogP contribution in [0.1, 0.15) is 19.8 Å². The van der Waals surface area contributed by atoms with Gasteiger partial charge in [-0.2, -0.15) is 5.10 Å². The average Bonchev–Trinajstić information content (AvgIpc) is 2.89. The summed E-state index contributed by atoms with van der Waals surface area (Å²) < 4.78 is 0. The molecule has 19 heavy (non-hydrogen) atoms. The zero-order valence-electron chi connectivity index (χ0n) is 11.0. The third-order valence-electron chi connectivity index (χ3n) is 3.99. The molecule has 1 aromatic heterocycles. The minimum absolute atomic E-state index is 0.0997. The van der Waals surface area contributed by atoms with Crippen LogP contribution < -0.4 is 10.6 Å². The van der Waals surface area contributed by atoms with Gasteiger partial charge >= 0.3 is 0 Å². The van der Waals surface area contributed by atoms with E-state index >= 15 is 0 Å². The Morgan fingerprint density at radius 3 is 2.95 bits per heavy atom. The number of amides is 1. The summed E-state index contributed by atoms with van der Waals surface area (Å²) in [6, 6.07) is 5.78. The van der Waals surface area contributed by atoms with E-state index in [1.807, 2.05) is 25.1 Å². The summed E-state index contributed by atoms with van der Waals surface area (Å²) >= 11 is 0. The molecule has 1 saturated heterocycles. The molecule has 1 aliphatic heterocycles. The molecule has 2 heterocycles. The standard InChI is InChI=1S/C14H18N4O/c1-14(5-7-15-8-6-14)13(19)17-11-3-2-4-12-10(11)9-16-18-12/h2-4,9,15H,5-8H2,1H3,(H,16,18)(H,17,19). The van der Waals surface area contributed by atoms with Crippen molar-refractivity contribution in [1.82, 2.24) is 15.5 Å². The first kappa shape index (κ1) is 12.2. The van der Waals surface area contributed by atoms with Crippen LogP contribution in [0.15, 0.2) is 24.4 Å². The van der Waals surface area contributed by atoms with Crippen molar-refractivity contribution in [2.45, 2.75) is 19.8 Å². The van der Waals surface area contributed by atoms with Gasteiger partial charge in [0.05, 0.1) is 17.4 Å². The highest BCUT2D eigenvalue weighted by Gasteiger charge is 2.34. The van der Waals surface area contributed by atoms with Crippen LogP contribution in [0.3, 0.4) is 0 Å². The molecular weight excluding hydrogens is 240 g/mol. The summed E-state index contributed by atoms with van der Waals surface area (Å²) in [6.45, 7) is 3.85. The Hall–Kier alpha value is -1.88. The van der Waals surface area contributed by atoms with E-state index in [1.54, 1.807) is 6.20 Å². The molecule has 100 valence electrons. The number of carbonyl (C=O) groups excluding carboxylic acids is 1. The molecule has 5 heteroatoms. The Morgan fingerprint density at radius 1 is 1.37 bits per heavy atom. The summed E-state index contributed by atoms with van der Waals surface area (Å²) in [5.41, 5.74) is 1.49. The minimum atomic E-state index is -0.281. The highest BCUT2D eigenvalue weighted by Crippen LogP contribution is 2.31. The molecular formula is C14H18N4O. The summed E-state index contributed by atoms with van der Waals surface area (Å²) in [6.07, 6.45) is 3.50. The Bertz CT molecular complexity index is 598. The van der Waals surface area contributed by atoms with Gasteiger partial charge in [-0.3, -0.25) is 9.89 Å². The molecule has 1 fully saturated rings. The number of nitrogens with one attached hydrogen (secondary N) is 3. The first-order valence-electron chi connectivity index (χ1n) is 6.63. The van der Waals surface area contributed by atoms with Gasteiger partial charge in [0.15, 0.2) is 0 Å². The third kappa shape index (κ3) is 2.21. The molecule has 0 atom stereocenters. The van der Waals surface area contributed by atoms with Crippen molar-refractivity contribution >= 4 is 22.5 Å². The SMILES string of the molecule is CC1(C(=O)Nc2cccc3[nH]ncc23)CCNCC1. The van der Waals surface area contributed by atoms with Gasteiger partial charge in [-0.15, -0.1) is 0 Å². The fraction of sp³-hybridized carbons (Fsp3) is 0.429. The van der Waals surface area contributed by atoms with Crippen molar-refractivity contribution < 1.29 is 4.79 Å². The normalized spacial score (nSPS) is 18.4. The number of hydrogen-bond donors (Lipinski definition) is 3. The quantitative estimate of drug-likeness (QED) is 0.770. The Kier molecular flexibility index (Phi) is 2.98. The lowest BCUT2D eigenvalue weighted by molar-refractivity contribution is -0.126. The monoisotopic (exact) mass is 258 g/mol. The van der Waals surface area contributed by atoms with Crippen LogP contribution in [0.4, 0.5) is 5.69 Å². The topological polar surface area (TPSA) is 69.8 Å². The van der Waals surface area contributed by atoms with Gasteiger partial charge in [0, 0.05) is 10.8 Å². The van der Waals surface area contributed by atoms with Crippen molar-refractivity contribution in [3.8, 4) is 0 Å². The molecule has 1 aromatic carbocycles. The molecule has 3 rings (SSSR count). The maximum absolute atomic E-state index is 12.5. The lowest BCUT2D eigenvalue weighted by atomic mass is 9.80. The van der Waals surface area contributed by atoms with E-state index in [-0.39, 0.29) is 11.3 Å². The van der Waals surface area contributed by atoms with Gasteiger partial charge in [-0.1, -0.05) is 13.0 Å². The predicted molar refractivity (Wildman–Crippen MR) is 74.9 cm³/mol. The second-order valence-electron chi connectivity index (χ2n) is 5.40. The van der Waals surface area contributed by atoms with Crippen LogP contribution in [0.2, 0.25) is 0 Å². The van der Waals surface area contributed by atoms with Crippen LogP contribution in [0.5, 0.6) is 0 Å². The first-order valence-corrected chi connectivity index (χ1v) is 6.63. The van der Waals surface area contributed by atoms with E-state index in [4.69, 9.17) is 0 Å². The van der Waals surface area contributed by atoms with Crippen molar-refractivity contribution in [2.24, 2.45) is 5.41 Å². The zero-order chi connectivity index (χ0) is 13.3. The van der Waals surface area contributed by atoms with E-state index in [2.05, 4.69) is 20.8 Å². The minimum Gasteiger partial charge on any atom is -0.325 e. The third-order valence-corrected chi connectivity index (χ3v) is 3.99. The second kappa shape index (κ2) is 4.66. The number of rotatable bonds is 2. The van der Waals surface area contributed by atoms with E-state index < -0.39 is 0 Å². The van der Waals surface area contributed by atoms with Crippen molar-refractivity contribution in [3.05, 3.63) is 24.4 Å². The molecule has 5 nitrogen and oxygen atoms in total. The number of hydrogen-bond acceptors (Lipinski definition) is 3. The van der Waals surface area contributed by atoms with Crippen molar-refractivity contribution in [2.75, 3.05) is 18.4 Å². The number of benzene rings is 1. The Morgan fingerprint density at radius 2 is 2.16 bits per heavy atom.